The second kappa shape index (κ2) is 3.67. The first-order chi connectivity index (χ1) is 6.16. The summed E-state index contributed by atoms with van der Waals surface area (Å²) in [6.45, 7) is 2.48. The third-order valence-corrected chi connectivity index (χ3v) is 4.28. The van der Waals surface area contributed by atoms with Gasteiger partial charge in [-0.2, -0.15) is 0 Å². The molecule has 0 aromatic heterocycles. The van der Waals surface area contributed by atoms with Gasteiger partial charge in [-0.15, -0.1) is 0 Å². The molecule has 74 valence electrons. The average Bonchev–Trinajstić information content (AvgIpc) is 2.21. The lowest BCUT2D eigenvalue weighted by Gasteiger charge is -2.32. The highest BCUT2D eigenvalue weighted by atomic mass is 14.3. The van der Waals surface area contributed by atoms with Gasteiger partial charge in [0.25, 0.3) is 0 Å². The van der Waals surface area contributed by atoms with E-state index < -0.39 is 0 Å². The molecule has 0 saturated heterocycles. The highest BCUT2D eigenvalue weighted by Gasteiger charge is 2.29. The highest BCUT2D eigenvalue weighted by Crippen LogP contribution is 2.45. The molecule has 2 bridgehead atoms. The highest BCUT2D eigenvalue weighted by molar-refractivity contribution is 6.14. The van der Waals surface area contributed by atoms with Crippen molar-refractivity contribution in [3.63, 3.8) is 0 Å². The van der Waals surface area contributed by atoms with Crippen LogP contribution in [0, 0.1) is 11.8 Å². The van der Waals surface area contributed by atoms with Crippen molar-refractivity contribution in [3.8, 4) is 0 Å². The van der Waals surface area contributed by atoms with Crippen LogP contribution in [0.3, 0.4) is 0 Å². The monoisotopic (exact) mass is 178 g/mol. The van der Waals surface area contributed by atoms with Crippen molar-refractivity contribution in [2.24, 2.45) is 11.8 Å². The van der Waals surface area contributed by atoms with Crippen LogP contribution in [0.15, 0.2) is 0 Å². The molecule has 0 N–H and O–H groups in total. The minimum Gasteiger partial charge on any atom is -0.0669 e. The Kier molecular flexibility index (Phi) is 2.71. The van der Waals surface area contributed by atoms with Gasteiger partial charge in [-0.1, -0.05) is 63.6 Å². The fourth-order valence-corrected chi connectivity index (χ4v) is 3.43. The molecule has 2 fully saturated rings. The van der Waals surface area contributed by atoms with Crippen molar-refractivity contribution in [1.82, 2.24) is 0 Å². The maximum atomic E-state index is 2.48. The normalized spacial score (nSPS) is 46.5. The maximum Gasteiger partial charge on any atom is 0.109 e. The molecule has 0 aliphatic heterocycles. The lowest BCUT2D eigenvalue weighted by molar-refractivity contribution is 0.297. The Morgan fingerprint density at radius 1 is 1.00 bits per heavy atom. The molecule has 2 saturated carbocycles. The summed E-state index contributed by atoms with van der Waals surface area (Å²) < 4.78 is 0. The van der Waals surface area contributed by atoms with Crippen LogP contribution in [0.5, 0.6) is 0 Å². The topological polar surface area (TPSA) is 0 Å². The summed E-state index contributed by atoms with van der Waals surface area (Å²) in [4.78, 5) is 0. The van der Waals surface area contributed by atoms with Crippen molar-refractivity contribution in [3.05, 3.63) is 0 Å². The first-order valence-corrected chi connectivity index (χ1v) is 6.16. The average molecular weight is 178 g/mol. The predicted octanol–water partition coefficient (Wildman–Crippen LogP) is 3.18. The van der Waals surface area contributed by atoms with E-state index >= 15 is 0 Å². The first kappa shape index (κ1) is 9.61. The zero-order chi connectivity index (χ0) is 9.31. The molecule has 1 heteroatoms. The van der Waals surface area contributed by atoms with Gasteiger partial charge in [0.1, 0.15) is 7.85 Å². The van der Waals surface area contributed by atoms with Gasteiger partial charge in [-0.3, -0.25) is 0 Å². The first-order valence-electron chi connectivity index (χ1n) is 6.16. The van der Waals surface area contributed by atoms with E-state index in [0.29, 0.717) is 5.31 Å². The molecular formula is C12H23B. The zero-order valence-electron chi connectivity index (χ0n) is 9.31. The fourth-order valence-electron chi connectivity index (χ4n) is 3.43. The summed E-state index contributed by atoms with van der Waals surface area (Å²) in [6.07, 6.45) is 12.2. The van der Waals surface area contributed by atoms with Gasteiger partial charge in [0.05, 0.1) is 0 Å². The Labute approximate surface area is 83.9 Å². The molecule has 0 spiro atoms. The van der Waals surface area contributed by atoms with Crippen LogP contribution in [-0.4, -0.2) is 7.85 Å². The molecule has 2 aliphatic carbocycles. The minimum absolute atomic E-state index is 0.647. The van der Waals surface area contributed by atoms with Gasteiger partial charge in [0, 0.05) is 0 Å². The van der Waals surface area contributed by atoms with E-state index in [-0.39, 0.29) is 0 Å². The van der Waals surface area contributed by atoms with Crippen LogP contribution >= 0.6 is 0 Å². The molecule has 3 unspecified atom stereocenters. The fraction of sp³-hybridized carbons (Fsp3) is 1.00. The van der Waals surface area contributed by atoms with E-state index in [0.717, 1.165) is 11.8 Å². The summed E-state index contributed by atoms with van der Waals surface area (Å²) in [5.74, 6) is 2.16. The molecule has 0 radical (unpaired) electrons. The molecule has 0 nitrogen and oxygen atoms in total. The smallest absolute Gasteiger partial charge is 0.0669 e. The van der Waals surface area contributed by atoms with Crippen LogP contribution in [0.25, 0.3) is 0 Å². The Bertz CT molecular complexity index is 174. The van der Waals surface area contributed by atoms with Crippen LogP contribution in [0.2, 0.25) is 5.31 Å². The number of hydrogen-bond donors (Lipinski definition) is 0. The van der Waals surface area contributed by atoms with E-state index in [9.17, 15) is 0 Å². The van der Waals surface area contributed by atoms with Gasteiger partial charge in [0.15, 0.2) is 0 Å². The van der Waals surface area contributed by atoms with Crippen molar-refractivity contribution >= 4 is 7.85 Å². The molecule has 0 amide bonds. The minimum atomic E-state index is 0.647. The Morgan fingerprint density at radius 2 is 1.69 bits per heavy atom. The van der Waals surface area contributed by atoms with Crippen molar-refractivity contribution < 1.29 is 0 Å². The summed E-state index contributed by atoms with van der Waals surface area (Å²) in [5.41, 5.74) is 0. The van der Waals surface area contributed by atoms with Crippen molar-refractivity contribution in [2.45, 2.75) is 63.6 Å². The lowest BCUT2D eigenvalue weighted by atomic mass is 9.60. The van der Waals surface area contributed by atoms with Gasteiger partial charge in [0.2, 0.25) is 0 Å². The molecule has 0 aromatic rings. The third kappa shape index (κ3) is 2.51. The maximum absolute atomic E-state index is 2.48. The van der Waals surface area contributed by atoms with E-state index in [2.05, 4.69) is 14.8 Å². The van der Waals surface area contributed by atoms with Crippen LogP contribution < -0.4 is 0 Å². The molecule has 2 aliphatic rings. The Hall–Kier alpha value is 0.0649. The van der Waals surface area contributed by atoms with E-state index in [1.54, 1.807) is 6.42 Å². The van der Waals surface area contributed by atoms with Crippen molar-refractivity contribution in [1.29, 1.82) is 0 Å². The SMILES string of the molecule is BC1(C)CCC2CCCC(CC2)C1. The molecule has 0 heterocycles. The van der Waals surface area contributed by atoms with E-state index in [4.69, 9.17) is 0 Å². The molecule has 3 atom stereocenters. The summed E-state index contributed by atoms with van der Waals surface area (Å²) in [6, 6.07) is 0. The second-order valence-electron chi connectivity index (χ2n) is 6.15. The van der Waals surface area contributed by atoms with Gasteiger partial charge < -0.3 is 0 Å². The summed E-state index contributed by atoms with van der Waals surface area (Å²) >= 11 is 0. The second-order valence-corrected chi connectivity index (χ2v) is 6.15. The van der Waals surface area contributed by atoms with E-state index in [1.165, 1.54) is 44.9 Å². The van der Waals surface area contributed by atoms with Gasteiger partial charge >= 0.3 is 0 Å². The van der Waals surface area contributed by atoms with Crippen LogP contribution in [0.1, 0.15) is 58.3 Å². The van der Waals surface area contributed by atoms with Gasteiger partial charge in [-0.05, 0) is 11.8 Å². The Morgan fingerprint density at radius 3 is 2.54 bits per heavy atom. The quantitative estimate of drug-likeness (QED) is 0.500. The summed E-state index contributed by atoms with van der Waals surface area (Å²) in [5, 5.41) is 0.647. The Balaban J connectivity index is 2.07. The molecule has 2 rings (SSSR count). The van der Waals surface area contributed by atoms with Crippen LogP contribution in [0.4, 0.5) is 0 Å². The van der Waals surface area contributed by atoms with Crippen LogP contribution in [-0.2, 0) is 0 Å². The predicted molar refractivity (Wildman–Crippen MR) is 60.8 cm³/mol. The number of hydrogen-bond acceptors (Lipinski definition) is 0. The standard InChI is InChI=1S/C12H23B/c1-12(13)8-7-10-3-2-4-11(9-12)6-5-10/h10-11H,2-9,13H2,1H3. The summed E-state index contributed by atoms with van der Waals surface area (Å²) in [7, 11) is 2.48. The number of rotatable bonds is 0. The molecule has 13 heavy (non-hydrogen) atoms. The van der Waals surface area contributed by atoms with Gasteiger partial charge in [-0.25, -0.2) is 0 Å². The zero-order valence-corrected chi connectivity index (χ0v) is 9.31. The number of fused-ring (bicyclic) bond motifs is 3. The van der Waals surface area contributed by atoms with Crippen molar-refractivity contribution in [2.75, 3.05) is 0 Å². The largest absolute Gasteiger partial charge is 0.109 e. The molecule has 0 aromatic carbocycles. The van der Waals surface area contributed by atoms with E-state index in [1.807, 2.05) is 0 Å². The third-order valence-electron chi connectivity index (χ3n) is 4.28. The lowest BCUT2D eigenvalue weighted by Crippen LogP contribution is -2.17. The molecular weight excluding hydrogens is 155 g/mol.